The topological polar surface area (TPSA) is 37.3 Å². The van der Waals surface area contributed by atoms with Crippen molar-refractivity contribution in [1.29, 1.82) is 0 Å². The van der Waals surface area contributed by atoms with Crippen LogP contribution in [0.15, 0.2) is 42.0 Å². The second-order valence-electron chi connectivity index (χ2n) is 5.76. The quantitative estimate of drug-likeness (QED) is 0.651. The summed E-state index contributed by atoms with van der Waals surface area (Å²) in [5.41, 5.74) is 1.21. The summed E-state index contributed by atoms with van der Waals surface area (Å²) in [5.74, 6) is 0.334. The predicted octanol–water partition coefficient (Wildman–Crippen LogP) is 3.21. The summed E-state index contributed by atoms with van der Waals surface area (Å²) in [6, 6.07) is 9.90. The summed E-state index contributed by atoms with van der Waals surface area (Å²) >= 11 is 0. The first-order chi connectivity index (χ1) is 9.25. The lowest BCUT2D eigenvalue weighted by Gasteiger charge is -2.44. The van der Waals surface area contributed by atoms with E-state index in [9.17, 15) is 9.90 Å². The van der Waals surface area contributed by atoms with Crippen LogP contribution in [0.2, 0.25) is 0 Å². The smallest absolute Gasteiger partial charge is 0.123 e. The van der Waals surface area contributed by atoms with Gasteiger partial charge in [0.15, 0.2) is 0 Å². The number of carbonyl (C=O) groups excluding carboxylic acids is 1. The molecule has 2 heteroatoms. The molecule has 3 atom stereocenters. The molecule has 0 aromatic heterocycles. The number of rotatable bonds is 2. The monoisotopic (exact) mass is 256 g/mol. The van der Waals surface area contributed by atoms with E-state index in [1.54, 1.807) is 0 Å². The fraction of sp³-hybridized carbons (Fsp3) is 0.471. The molecule has 19 heavy (non-hydrogen) atoms. The molecule has 2 aliphatic carbocycles. The van der Waals surface area contributed by atoms with E-state index in [-0.39, 0.29) is 11.8 Å². The molecule has 3 rings (SSSR count). The Labute approximate surface area is 114 Å². The summed E-state index contributed by atoms with van der Waals surface area (Å²) < 4.78 is 0. The number of hydrogen-bond donors (Lipinski definition) is 1. The van der Waals surface area contributed by atoms with Crippen LogP contribution in [0.25, 0.3) is 0 Å². The highest BCUT2D eigenvalue weighted by Gasteiger charge is 2.44. The Morgan fingerprint density at radius 2 is 2.00 bits per heavy atom. The summed E-state index contributed by atoms with van der Waals surface area (Å²) in [5, 5.41) is 11.2. The first-order valence-corrected chi connectivity index (χ1v) is 7.19. The van der Waals surface area contributed by atoms with Crippen LogP contribution in [0.4, 0.5) is 0 Å². The molecular formula is C17H20O2. The van der Waals surface area contributed by atoms with Crippen LogP contribution in [0, 0.1) is 11.8 Å². The van der Waals surface area contributed by atoms with Crippen molar-refractivity contribution in [3.63, 3.8) is 0 Å². The van der Waals surface area contributed by atoms with E-state index in [0.29, 0.717) is 0 Å². The van der Waals surface area contributed by atoms with Crippen molar-refractivity contribution < 1.29 is 9.90 Å². The number of hydrogen-bond acceptors (Lipinski definition) is 2. The first-order valence-electron chi connectivity index (χ1n) is 7.19. The van der Waals surface area contributed by atoms with E-state index >= 15 is 0 Å². The van der Waals surface area contributed by atoms with Gasteiger partial charge in [-0.1, -0.05) is 36.4 Å². The zero-order chi connectivity index (χ0) is 13.3. The third-order valence-corrected chi connectivity index (χ3v) is 4.74. The lowest BCUT2D eigenvalue weighted by molar-refractivity contribution is -0.113. The molecular weight excluding hydrogens is 236 g/mol. The van der Waals surface area contributed by atoms with Gasteiger partial charge < -0.3 is 9.90 Å². The minimum absolute atomic E-state index is 0.0931. The minimum Gasteiger partial charge on any atom is -0.381 e. The molecule has 0 heterocycles. The Morgan fingerprint density at radius 3 is 2.74 bits per heavy atom. The Kier molecular flexibility index (Phi) is 3.28. The van der Waals surface area contributed by atoms with Crippen molar-refractivity contribution in [2.24, 2.45) is 11.8 Å². The van der Waals surface area contributed by atoms with E-state index in [4.69, 9.17) is 0 Å². The van der Waals surface area contributed by atoms with Gasteiger partial charge in [0.25, 0.3) is 0 Å². The lowest BCUT2D eigenvalue weighted by Crippen LogP contribution is -2.40. The van der Waals surface area contributed by atoms with Crippen LogP contribution in [-0.2, 0) is 10.4 Å². The van der Waals surface area contributed by atoms with E-state index in [2.05, 4.69) is 6.08 Å². The molecule has 1 fully saturated rings. The van der Waals surface area contributed by atoms with Crippen molar-refractivity contribution in [2.75, 3.05) is 0 Å². The molecule has 100 valence electrons. The number of allylic oxidation sites excluding steroid dienone is 1. The second kappa shape index (κ2) is 4.93. The van der Waals surface area contributed by atoms with Crippen molar-refractivity contribution in [2.45, 2.75) is 37.7 Å². The fourth-order valence-corrected chi connectivity index (χ4v) is 3.77. The normalized spacial score (nSPS) is 34.3. The van der Waals surface area contributed by atoms with Crippen molar-refractivity contribution in [3.05, 3.63) is 47.5 Å². The maximum atomic E-state index is 11.3. The molecule has 0 amide bonds. The number of benzene rings is 1. The average molecular weight is 256 g/mol. The zero-order valence-corrected chi connectivity index (χ0v) is 11.1. The summed E-state index contributed by atoms with van der Waals surface area (Å²) in [7, 11) is 0. The molecule has 0 saturated heterocycles. The van der Waals surface area contributed by atoms with Crippen LogP contribution in [0.5, 0.6) is 0 Å². The van der Waals surface area contributed by atoms with Gasteiger partial charge in [0.1, 0.15) is 11.9 Å². The van der Waals surface area contributed by atoms with Crippen LogP contribution in [0.3, 0.4) is 0 Å². The maximum Gasteiger partial charge on any atom is 0.123 e. The van der Waals surface area contributed by atoms with Crippen LogP contribution in [-0.4, -0.2) is 11.4 Å². The van der Waals surface area contributed by atoms with Gasteiger partial charge in [0.05, 0.1) is 0 Å². The van der Waals surface area contributed by atoms with Gasteiger partial charge in [-0.15, -0.1) is 0 Å². The highest BCUT2D eigenvalue weighted by molar-refractivity contribution is 5.57. The van der Waals surface area contributed by atoms with Gasteiger partial charge in [0, 0.05) is 5.92 Å². The molecule has 1 aromatic carbocycles. The maximum absolute atomic E-state index is 11.3. The van der Waals surface area contributed by atoms with E-state index in [1.165, 1.54) is 0 Å². The Hall–Kier alpha value is -1.41. The Bertz CT molecular complexity index is 491. The molecule has 0 spiro atoms. The Balaban J connectivity index is 2.02. The summed E-state index contributed by atoms with van der Waals surface area (Å²) in [6.45, 7) is 0. The third kappa shape index (κ3) is 2.04. The molecule has 1 N–H and O–H groups in total. The number of carbonyl (C=O) groups is 1. The molecule has 0 aliphatic heterocycles. The molecule has 2 nitrogen and oxygen atoms in total. The molecule has 0 unspecified atom stereocenters. The molecule has 0 bridgehead atoms. The van der Waals surface area contributed by atoms with Gasteiger partial charge >= 0.3 is 0 Å². The van der Waals surface area contributed by atoms with E-state index in [0.717, 1.165) is 49.5 Å². The highest BCUT2D eigenvalue weighted by Crippen LogP contribution is 2.49. The summed E-state index contributed by atoms with van der Waals surface area (Å²) in [6.07, 6.45) is 7.89. The Morgan fingerprint density at radius 1 is 1.21 bits per heavy atom. The summed E-state index contributed by atoms with van der Waals surface area (Å²) in [4.78, 5) is 11.3. The lowest BCUT2D eigenvalue weighted by atomic mass is 9.63. The molecule has 1 saturated carbocycles. The largest absolute Gasteiger partial charge is 0.381 e. The van der Waals surface area contributed by atoms with Crippen LogP contribution < -0.4 is 0 Å². The van der Waals surface area contributed by atoms with Crippen molar-refractivity contribution >= 4 is 6.29 Å². The minimum atomic E-state index is -0.855. The number of aldehydes is 1. The van der Waals surface area contributed by atoms with Gasteiger partial charge in [-0.3, -0.25) is 0 Å². The van der Waals surface area contributed by atoms with E-state index in [1.807, 2.05) is 30.3 Å². The zero-order valence-electron chi connectivity index (χ0n) is 11.1. The predicted molar refractivity (Wildman–Crippen MR) is 74.6 cm³/mol. The number of aliphatic hydroxyl groups is 1. The molecule has 2 aliphatic rings. The van der Waals surface area contributed by atoms with Crippen molar-refractivity contribution in [3.8, 4) is 0 Å². The first kappa shape index (κ1) is 12.6. The van der Waals surface area contributed by atoms with Gasteiger partial charge in [0.2, 0.25) is 0 Å². The second-order valence-corrected chi connectivity index (χ2v) is 5.76. The van der Waals surface area contributed by atoms with Crippen LogP contribution >= 0.6 is 0 Å². The van der Waals surface area contributed by atoms with E-state index < -0.39 is 5.60 Å². The van der Waals surface area contributed by atoms with Gasteiger partial charge in [-0.2, -0.15) is 0 Å². The third-order valence-electron chi connectivity index (χ3n) is 4.74. The van der Waals surface area contributed by atoms with Gasteiger partial charge in [-0.05, 0) is 49.2 Å². The molecule has 1 aromatic rings. The standard InChI is InChI=1S/C17H20O2/c18-12-13-6-4-10-16-15(13)9-5-11-17(16,19)14-7-2-1-3-8-14/h1-3,7-8,10,12-13,15,19H,4-6,9,11H2/t13-,15+,17-/m0/s1. The SMILES string of the molecule is O=C[C@@H]1CCC=C2[C@@H]1CCC[C@]2(O)c1ccccc1. The van der Waals surface area contributed by atoms with Gasteiger partial charge in [-0.25, -0.2) is 0 Å². The van der Waals surface area contributed by atoms with Crippen molar-refractivity contribution in [1.82, 2.24) is 0 Å². The highest BCUT2D eigenvalue weighted by atomic mass is 16.3. The number of fused-ring (bicyclic) bond motifs is 1. The van der Waals surface area contributed by atoms with Crippen LogP contribution in [0.1, 0.15) is 37.7 Å². The average Bonchev–Trinajstić information content (AvgIpc) is 2.48. The fourth-order valence-electron chi connectivity index (χ4n) is 3.77. The molecule has 0 radical (unpaired) electrons.